The molecule has 1 unspecified atom stereocenters. The molecule has 0 fully saturated rings. The second kappa shape index (κ2) is 7.64. The fraction of sp³-hybridized carbons (Fsp3) is 0.438. The molecule has 0 bridgehead atoms. The van der Waals surface area contributed by atoms with Crippen molar-refractivity contribution >= 4 is 11.8 Å². The largest absolute Gasteiger partial charge is 0.390 e. The van der Waals surface area contributed by atoms with E-state index in [4.69, 9.17) is 4.74 Å². The number of aliphatic hydroxyl groups is 1. The Bertz CT molecular complexity index is 569. The van der Waals surface area contributed by atoms with Gasteiger partial charge in [0, 0.05) is 18.1 Å². The summed E-state index contributed by atoms with van der Waals surface area (Å²) in [4.78, 5) is 4.37. The molecule has 21 heavy (non-hydrogen) atoms. The predicted molar refractivity (Wildman–Crippen MR) is 86.1 cm³/mol. The standard InChI is InChI=1S/C16H22N2O2S/c1-12(2)20-10-14(19)11-21-16-17-8-9-18(16)15-7-5-4-6-13(15)3/h4-9,12,14,19H,10-11H2,1-3H3. The van der Waals surface area contributed by atoms with Crippen LogP contribution in [-0.2, 0) is 4.74 Å². The van der Waals surface area contributed by atoms with Gasteiger partial charge in [0.1, 0.15) is 0 Å². The molecule has 0 aliphatic heterocycles. The maximum Gasteiger partial charge on any atom is 0.172 e. The summed E-state index contributed by atoms with van der Waals surface area (Å²) in [6, 6.07) is 8.19. The van der Waals surface area contributed by atoms with E-state index in [-0.39, 0.29) is 6.10 Å². The lowest BCUT2D eigenvalue weighted by molar-refractivity contribution is 0.0152. The summed E-state index contributed by atoms with van der Waals surface area (Å²) in [6.45, 7) is 6.36. The van der Waals surface area contributed by atoms with E-state index in [1.807, 2.05) is 32.2 Å². The van der Waals surface area contributed by atoms with Crippen LogP contribution in [0.4, 0.5) is 0 Å². The first kappa shape index (κ1) is 16.1. The number of aryl methyl sites for hydroxylation is 1. The topological polar surface area (TPSA) is 47.3 Å². The van der Waals surface area contributed by atoms with E-state index in [9.17, 15) is 5.11 Å². The van der Waals surface area contributed by atoms with Crippen LogP contribution in [0.1, 0.15) is 19.4 Å². The fourth-order valence-corrected chi connectivity index (χ4v) is 2.81. The van der Waals surface area contributed by atoms with Crippen LogP contribution in [0.25, 0.3) is 5.69 Å². The van der Waals surface area contributed by atoms with E-state index >= 15 is 0 Å². The highest BCUT2D eigenvalue weighted by Crippen LogP contribution is 2.23. The quantitative estimate of drug-likeness (QED) is 0.799. The van der Waals surface area contributed by atoms with Gasteiger partial charge in [0.25, 0.3) is 0 Å². The first-order valence-corrected chi connectivity index (χ1v) is 8.08. The average molecular weight is 306 g/mol. The molecule has 2 aromatic rings. The van der Waals surface area contributed by atoms with Crippen molar-refractivity contribution in [3.05, 3.63) is 42.2 Å². The lowest BCUT2D eigenvalue weighted by atomic mass is 10.2. The van der Waals surface area contributed by atoms with Gasteiger partial charge in [0.05, 0.1) is 24.5 Å². The van der Waals surface area contributed by atoms with Crippen molar-refractivity contribution in [2.24, 2.45) is 0 Å². The van der Waals surface area contributed by atoms with Crippen LogP contribution >= 0.6 is 11.8 Å². The van der Waals surface area contributed by atoms with Gasteiger partial charge in [0.15, 0.2) is 5.16 Å². The molecule has 2 rings (SSSR count). The van der Waals surface area contributed by atoms with Crippen LogP contribution < -0.4 is 0 Å². The summed E-state index contributed by atoms with van der Waals surface area (Å²) in [6.07, 6.45) is 3.38. The number of aromatic nitrogens is 2. The van der Waals surface area contributed by atoms with E-state index in [1.54, 1.807) is 6.20 Å². The number of hydrogen-bond acceptors (Lipinski definition) is 4. The summed E-state index contributed by atoms with van der Waals surface area (Å²) >= 11 is 1.54. The molecule has 0 radical (unpaired) electrons. The Labute approximate surface area is 130 Å². The van der Waals surface area contributed by atoms with Gasteiger partial charge in [-0.3, -0.25) is 4.57 Å². The number of hydrogen-bond donors (Lipinski definition) is 1. The van der Waals surface area contributed by atoms with Gasteiger partial charge in [-0.1, -0.05) is 30.0 Å². The molecule has 1 aromatic heterocycles. The second-order valence-corrected chi connectivity index (χ2v) is 6.20. The zero-order valence-corrected chi connectivity index (χ0v) is 13.5. The molecule has 1 atom stereocenters. The van der Waals surface area contributed by atoms with E-state index in [0.717, 1.165) is 10.8 Å². The minimum Gasteiger partial charge on any atom is -0.390 e. The van der Waals surface area contributed by atoms with Crippen molar-refractivity contribution in [3.8, 4) is 5.69 Å². The maximum absolute atomic E-state index is 9.93. The smallest absolute Gasteiger partial charge is 0.172 e. The van der Waals surface area contributed by atoms with Crippen molar-refractivity contribution in [2.45, 2.75) is 38.1 Å². The Morgan fingerprint density at radius 3 is 2.81 bits per heavy atom. The highest BCUT2D eigenvalue weighted by molar-refractivity contribution is 7.99. The minimum absolute atomic E-state index is 0.138. The van der Waals surface area contributed by atoms with Crippen molar-refractivity contribution in [2.75, 3.05) is 12.4 Å². The predicted octanol–water partition coefficient (Wildman–Crippen LogP) is 3.06. The molecule has 0 saturated carbocycles. The molecular formula is C16H22N2O2S. The van der Waals surface area contributed by atoms with Crippen LogP contribution in [0.2, 0.25) is 0 Å². The number of para-hydroxylation sites is 1. The van der Waals surface area contributed by atoms with E-state index in [1.165, 1.54) is 17.3 Å². The third-order valence-corrected chi connectivity index (χ3v) is 4.12. The second-order valence-electron chi connectivity index (χ2n) is 5.21. The lowest BCUT2D eigenvalue weighted by Gasteiger charge is -2.14. The number of nitrogens with zero attached hydrogens (tertiary/aromatic N) is 2. The third-order valence-electron chi connectivity index (χ3n) is 3.01. The summed E-state index contributed by atoms with van der Waals surface area (Å²) < 4.78 is 7.47. The molecule has 1 heterocycles. The first-order chi connectivity index (χ1) is 10.1. The zero-order valence-electron chi connectivity index (χ0n) is 12.7. The van der Waals surface area contributed by atoms with E-state index in [0.29, 0.717) is 12.4 Å². The molecule has 0 spiro atoms. The van der Waals surface area contributed by atoms with Crippen LogP contribution in [0.5, 0.6) is 0 Å². The summed E-state index contributed by atoms with van der Waals surface area (Å²) in [5, 5.41) is 10.8. The first-order valence-electron chi connectivity index (χ1n) is 7.09. The fourth-order valence-electron chi connectivity index (χ4n) is 1.94. The average Bonchev–Trinajstić information content (AvgIpc) is 2.91. The monoisotopic (exact) mass is 306 g/mol. The van der Waals surface area contributed by atoms with Crippen molar-refractivity contribution in [1.29, 1.82) is 0 Å². The van der Waals surface area contributed by atoms with Gasteiger partial charge in [-0.2, -0.15) is 0 Å². The van der Waals surface area contributed by atoms with Gasteiger partial charge in [-0.25, -0.2) is 4.98 Å². The van der Waals surface area contributed by atoms with Gasteiger partial charge in [-0.05, 0) is 32.4 Å². The molecule has 5 heteroatoms. The lowest BCUT2D eigenvalue weighted by Crippen LogP contribution is -2.20. The molecule has 114 valence electrons. The summed E-state index contributed by atoms with van der Waals surface area (Å²) in [7, 11) is 0. The van der Waals surface area contributed by atoms with Crippen molar-refractivity contribution in [1.82, 2.24) is 9.55 Å². The van der Waals surface area contributed by atoms with E-state index in [2.05, 4.69) is 28.6 Å². The molecule has 1 aromatic carbocycles. The van der Waals surface area contributed by atoms with Crippen molar-refractivity contribution in [3.63, 3.8) is 0 Å². The molecule has 4 nitrogen and oxygen atoms in total. The Kier molecular flexibility index (Phi) is 5.85. The van der Waals surface area contributed by atoms with Crippen LogP contribution in [0, 0.1) is 6.92 Å². The number of imidazole rings is 1. The molecule has 0 saturated heterocycles. The molecule has 0 aliphatic rings. The third kappa shape index (κ3) is 4.59. The molecule has 1 N–H and O–H groups in total. The Morgan fingerprint density at radius 1 is 1.33 bits per heavy atom. The van der Waals surface area contributed by atoms with E-state index < -0.39 is 6.10 Å². The van der Waals surface area contributed by atoms with Gasteiger partial charge in [0.2, 0.25) is 0 Å². The highest BCUT2D eigenvalue weighted by Gasteiger charge is 2.11. The Morgan fingerprint density at radius 2 is 2.10 bits per heavy atom. The molecule has 0 aliphatic carbocycles. The SMILES string of the molecule is Cc1ccccc1-n1ccnc1SCC(O)COC(C)C. The summed E-state index contributed by atoms with van der Waals surface area (Å²) in [5.74, 6) is 0.565. The minimum atomic E-state index is -0.487. The number of benzene rings is 1. The van der Waals surface area contributed by atoms with Gasteiger partial charge < -0.3 is 9.84 Å². The number of aliphatic hydroxyl groups excluding tert-OH is 1. The Balaban J connectivity index is 2.00. The van der Waals surface area contributed by atoms with Crippen molar-refractivity contribution < 1.29 is 9.84 Å². The number of ether oxygens (including phenoxy) is 1. The zero-order chi connectivity index (χ0) is 15.2. The number of rotatable bonds is 7. The number of thioether (sulfide) groups is 1. The van der Waals surface area contributed by atoms with Gasteiger partial charge in [-0.15, -0.1) is 0 Å². The molecule has 0 amide bonds. The van der Waals surface area contributed by atoms with Gasteiger partial charge >= 0.3 is 0 Å². The summed E-state index contributed by atoms with van der Waals surface area (Å²) in [5.41, 5.74) is 2.31. The normalized spacial score (nSPS) is 12.8. The highest BCUT2D eigenvalue weighted by atomic mass is 32.2. The molecular weight excluding hydrogens is 284 g/mol. The Hall–Kier alpha value is -1.30. The maximum atomic E-state index is 9.93. The van der Waals surface area contributed by atoms with Crippen LogP contribution in [0.15, 0.2) is 41.8 Å². The van der Waals surface area contributed by atoms with Crippen LogP contribution in [0.3, 0.4) is 0 Å². The van der Waals surface area contributed by atoms with Crippen LogP contribution in [-0.4, -0.2) is 39.2 Å².